The SMILES string of the molecule is Cc1ccc(-c2[nH]ncc2CNCc2ccc(CN3CCN(C)CC3)cc2)o1. The third-order valence-corrected chi connectivity index (χ3v) is 5.37. The minimum absolute atomic E-state index is 0.745. The number of aromatic amines is 1. The Morgan fingerprint density at radius 2 is 1.75 bits per heavy atom. The normalized spacial score (nSPS) is 15.9. The summed E-state index contributed by atoms with van der Waals surface area (Å²) >= 11 is 0. The van der Waals surface area contributed by atoms with Crippen LogP contribution in [0.2, 0.25) is 0 Å². The molecule has 0 aliphatic carbocycles. The van der Waals surface area contributed by atoms with E-state index in [0.29, 0.717) is 0 Å². The second-order valence-electron chi connectivity index (χ2n) is 7.68. The number of furan rings is 1. The van der Waals surface area contributed by atoms with E-state index in [0.717, 1.165) is 68.6 Å². The molecule has 0 atom stereocenters. The van der Waals surface area contributed by atoms with E-state index in [-0.39, 0.29) is 0 Å². The number of aromatic nitrogens is 2. The van der Waals surface area contributed by atoms with E-state index >= 15 is 0 Å². The van der Waals surface area contributed by atoms with Gasteiger partial charge in [-0.3, -0.25) is 10.00 Å². The topological polar surface area (TPSA) is 60.3 Å². The van der Waals surface area contributed by atoms with Crippen LogP contribution < -0.4 is 5.32 Å². The standard InChI is InChI=1S/C22H29N5O/c1-17-3-8-21(28-17)22-20(15-24-25-22)14-23-13-18-4-6-19(7-5-18)16-27-11-9-26(2)10-12-27/h3-8,15,23H,9-14,16H2,1-2H3,(H,24,25). The molecular formula is C22H29N5O. The first-order valence-corrected chi connectivity index (χ1v) is 9.96. The maximum absolute atomic E-state index is 5.71. The third kappa shape index (κ3) is 4.70. The van der Waals surface area contributed by atoms with Gasteiger partial charge in [0.25, 0.3) is 0 Å². The molecule has 0 saturated carbocycles. The van der Waals surface area contributed by atoms with Crippen molar-refractivity contribution in [2.24, 2.45) is 0 Å². The lowest BCUT2D eigenvalue weighted by atomic mass is 10.1. The van der Waals surface area contributed by atoms with E-state index in [1.54, 1.807) is 0 Å². The van der Waals surface area contributed by atoms with Gasteiger partial charge in [-0.1, -0.05) is 24.3 Å². The quantitative estimate of drug-likeness (QED) is 0.661. The summed E-state index contributed by atoms with van der Waals surface area (Å²) in [6, 6.07) is 12.9. The zero-order chi connectivity index (χ0) is 19.3. The summed E-state index contributed by atoms with van der Waals surface area (Å²) in [5.41, 5.74) is 4.74. The minimum Gasteiger partial charge on any atom is -0.460 e. The molecule has 1 saturated heterocycles. The molecule has 0 bridgehead atoms. The van der Waals surface area contributed by atoms with Crippen LogP contribution >= 0.6 is 0 Å². The highest BCUT2D eigenvalue weighted by Gasteiger charge is 2.14. The van der Waals surface area contributed by atoms with Crippen LogP contribution in [-0.4, -0.2) is 53.2 Å². The number of H-pyrrole nitrogens is 1. The molecule has 2 aromatic heterocycles. The van der Waals surface area contributed by atoms with Gasteiger partial charge in [-0.05, 0) is 37.2 Å². The Bertz CT molecular complexity index is 874. The van der Waals surface area contributed by atoms with Gasteiger partial charge in [-0.25, -0.2) is 0 Å². The smallest absolute Gasteiger partial charge is 0.152 e. The molecule has 2 N–H and O–H groups in total. The highest BCUT2D eigenvalue weighted by atomic mass is 16.3. The lowest BCUT2D eigenvalue weighted by Crippen LogP contribution is -2.43. The summed E-state index contributed by atoms with van der Waals surface area (Å²) < 4.78 is 5.71. The molecule has 6 heteroatoms. The van der Waals surface area contributed by atoms with Gasteiger partial charge in [0, 0.05) is 51.4 Å². The van der Waals surface area contributed by atoms with Crippen molar-refractivity contribution in [2.75, 3.05) is 33.2 Å². The van der Waals surface area contributed by atoms with Crippen molar-refractivity contribution >= 4 is 0 Å². The lowest BCUT2D eigenvalue weighted by Gasteiger charge is -2.32. The summed E-state index contributed by atoms with van der Waals surface area (Å²) in [7, 11) is 2.20. The van der Waals surface area contributed by atoms with Gasteiger partial charge < -0.3 is 14.6 Å². The van der Waals surface area contributed by atoms with Crippen LogP contribution in [-0.2, 0) is 19.6 Å². The van der Waals surface area contributed by atoms with E-state index in [1.807, 2.05) is 25.3 Å². The van der Waals surface area contributed by atoms with E-state index < -0.39 is 0 Å². The molecule has 0 radical (unpaired) electrons. The second kappa shape index (κ2) is 8.73. The van der Waals surface area contributed by atoms with Crippen molar-refractivity contribution in [3.05, 3.63) is 65.0 Å². The number of nitrogens with one attached hydrogen (secondary N) is 2. The number of likely N-dealkylation sites (N-methyl/N-ethyl adjacent to an activating group) is 1. The predicted octanol–water partition coefficient (Wildman–Crippen LogP) is 3.02. The number of nitrogens with zero attached hydrogens (tertiary/aromatic N) is 3. The highest BCUT2D eigenvalue weighted by Crippen LogP contribution is 2.23. The molecule has 1 aromatic carbocycles. The maximum atomic E-state index is 5.71. The first kappa shape index (κ1) is 18.9. The molecular weight excluding hydrogens is 350 g/mol. The fraction of sp³-hybridized carbons (Fsp3) is 0.409. The average molecular weight is 380 g/mol. The number of piperazine rings is 1. The summed E-state index contributed by atoms with van der Waals surface area (Å²) in [4.78, 5) is 4.92. The van der Waals surface area contributed by atoms with Crippen LogP contribution in [0.3, 0.4) is 0 Å². The molecule has 6 nitrogen and oxygen atoms in total. The van der Waals surface area contributed by atoms with E-state index in [1.165, 1.54) is 11.1 Å². The maximum Gasteiger partial charge on any atom is 0.152 e. The Kier molecular flexibility index (Phi) is 5.90. The summed E-state index contributed by atoms with van der Waals surface area (Å²) in [6.45, 7) is 9.20. The Hall–Kier alpha value is -2.41. The third-order valence-electron chi connectivity index (χ3n) is 5.37. The number of hydrogen-bond donors (Lipinski definition) is 2. The van der Waals surface area contributed by atoms with Crippen LogP contribution in [0.4, 0.5) is 0 Å². The molecule has 0 spiro atoms. The van der Waals surface area contributed by atoms with Crippen molar-refractivity contribution in [2.45, 2.75) is 26.6 Å². The van der Waals surface area contributed by atoms with E-state index in [4.69, 9.17) is 4.42 Å². The van der Waals surface area contributed by atoms with Gasteiger partial charge in [-0.2, -0.15) is 5.10 Å². The van der Waals surface area contributed by atoms with Crippen molar-refractivity contribution < 1.29 is 4.42 Å². The monoisotopic (exact) mass is 379 g/mol. The lowest BCUT2D eigenvalue weighted by molar-refractivity contribution is 0.148. The van der Waals surface area contributed by atoms with Crippen LogP contribution in [0, 0.1) is 6.92 Å². The molecule has 1 aliphatic rings. The number of aryl methyl sites for hydroxylation is 1. The molecule has 3 heterocycles. The van der Waals surface area contributed by atoms with Crippen LogP contribution in [0.5, 0.6) is 0 Å². The zero-order valence-electron chi connectivity index (χ0n) is 16.7. The molecule has 4 rings (SSSR count). The largest absolute Gasteiger partial charge is 0.460 e. The fourth-order valence-electron chi connectivity index (χ4n) is 3.60. The molecule has 28 heavy (non-hydrogen) atoms. The first-order chi connectivity index (χ1) is 13.7. The number of rotatable bonds is 7. The van der Waals surface area contributed by atoms with E-state index in [9.17, 15) is 0 Å². The molecule has 1 fully saturated rings. The summed E-state index contributed by atoms with van der Waals surface area (Å²) in [5, 5.41) is 10.7. The number of hydrogen-bond acceptors (Lipinski definition) is 5. The van der Waals surface area contributed by atoms with Crippen LogP contribution in [0.15, 0.2) is 47.0 Å². The van der Waals surface area contributed by atoms with Crippen LogP contribution in [0.1, 0.15) is 22.5 Å². The zero-order valence-corrected chi connectivity index (χ0v) is 16.7. The fourth-order valence-corrected chi connectivity index (χ4v) is 3.60. The van der Waals surface area contributed by atoms with Gasteiger partial charge in [0.15, 0.2) is 5.76 Å². The van der Waals surface area contributed by atoms with Crippen molar-refractivity contribution in [3.63, 3.8) is 0 Å². The van der Waals surface area contributed by atoms with Gasteiger partial charge in [0.05, 0.1) is 6.20 Å². The average Bonchev–Trinajstić information content (AvgIpc) is 3.34. The highest BCUT2D eigenvalue weighted by molar-refractivity contribution is 5.56. The second-order valence-corrected chi connectivity index (χ2v) is 7.68. The Labute approximate surface area is 166 Å². The van der Waals surface area contributed by atoms with Gasteiger partial charge in [0.2, 0.25) is 0 Å². The van der Waals surface area contributed by atoms with Crippen molar-refractivity contribution in [3.8, 4) is 11.5 Å². The van der Waals surface area contributed by atoms with Gasteiger partial charge in [-0.15, -0.1) is 0 Å². The summed E-state index contributed by atoms with van der Waals surface area (Å²) in [5.74, 6) is 1.74. The molecule has 0 unspecified atom stereocenters. The number of benzene rings is 1. The van der Waals surface area contributed by atoms with Gasteiger partial charge >= 0.3 is 0 Å². The predicted molar refractivity (Wildman–Crippen MR) is 111 cm³/mol. The summed E-state index contributed by atoms with van der Waals surface area (Å²) in [6.07, 6.45) is 1.86. The molecule has 0 amide bonds. The van der Waals surface area contributed by atoms with E-state index in [2.05, 4.69) is 56.6 Å². The Morgan fingerprint density at radius 3 is 2.46 bits per heavy atom. The molecule has 3 aromatic rings. The van der Waals surface area contributed by atoms with Gasteiger partial charge in [0.1, 0.15) is 11.5 Å². The van der Waals surface area contributed by atoms with Crippen molar-refractivity contribution in [1.82, 2.24) is 25.3 Å². The van der Waals surface area contributed by atoms with Crippen LogP contribution in [0.25, 0.3) is 11.5 Å². The Balaban J connectivity index is 1.27. The Morgan fingerprint density at radius 1 is 1.00 bits per heavy atom. The van der Waals surface area contributed by atoms with Crippen molar-refractivity contribution in [1.29, 1.82) is 0 Å². The minimum atomic E-state index is 0.745. The molecule has 1 aliphatic heterocycles. The first-order valence-electron chi connectivity index (χ1n) is 9.96. The molecule has 148 valence electrons.